The van der Waals surface area contributed by atoms with Crippen molar-refractivity contribution in [3.05, 3.63) is 223 Å². The molecule has 0 radical (unpaired) electrons. The van der Waals surface area contributed by atoms with Gasteiger partial charge in [-0.1, -0.05) is 184 Å². The first kappa shape index (κ1) is 36.5. The van der Waals surface area contributed by atoms with Gasteiger partial charge in [-0.05, 0) is 120 Å². The van der Waals surface area contributed by atoms with Crippen LogP contribution in [0.5, 0.6) is 0 Å². The largest absolute Gasteiger partial charge is 0.278 e. The molecule has 0 unspecified atom stereocenters. The van der Waals surface area contributed by atoms with Gasteiger partial charge >= 0.3 is 0 Å². The summed E-state index contributed by atoms with van der Waals surface area (Å²) in [6.45, 7) is 4.72. The van der Waals surface area contributed by atoms with Gasteiger partial charge in [-0.3, -0.25) is 4.57 Å². The number of hydrogen-bond acceptors (Lipinski definition) is 2. The van der Waals surface area contributed by atoms with E-state index in [1.54, 1.807) is 0 Å². The van der Waals surface area contributed by atoms with Gasteiger partial charge in [0.2, 0.25) is 5.95 Å². The molecule has 0 N–H and O–H groups in total. The number of nitrogens with zero attached hydrogens (tertiary/aromatic N) is 3. The molecule has 0 atom stereocenters. The van der Waals surface area contributed by atoms with Gasteiger partial charge in [0.25, 0.3) is 0 Å². The molecule has 0 spiro atoms. The molecule has 3 heteroatoms. The molecule has 2 aromatic heterocycles. The van der Waals surface area contributed by atoms with Gasteiger partial charge in [0, 0.05) is 27.1 Å². The van der Waals surface area contributed by atoms with Gasteiger partial charge in [0.05, 0.1) is 22.2 Å². The van der Waals surface area contributed by atoms with Gasteiger partial charge in [-0.2, -0.15) is 0 Å². The van der Waals surface area contributed by atoms with Crippen molar-refractivity contribution in [2.24, 2.45) is 0 Å². The summed E-state index contributed by atoms with van der Waals surface area (Å²) in [5.41, 5.74) is 17.0. The van der Waals surface area contributed by atoms with Crippen LogP contribution in [0.1, 0.15) is 25.0 Å². The Hall–Kier alpha value is -8.14. The van der Waals surface area contributed by atoms with E-state index < -0.39 is 0 Å². The zero-order valence-electron chi connectivity index (χ0n) is 35.5. The quantitative estimate of drug-likeness (QED) is 0.173. The Labute approximate surface area is 371 Å². The van der Waals surface area contributed by atoms with Gasteiger partial charge < -0.3 is 0 Å². The molecule has 0 saturated carbocycles. The maximum Gasteiger partial charge on any atom is 0.235 e. The van der Waals surface area contributed by atoms with E-state index in [1.807, 2.05) is 0 Å². The first-order valence-corrected chi connectivity index (χ1v) is 22.1. The lowest BCUT2D eigenvalue weighted by Gasteiger charge is -2.25. The second kappa shape index (κ2) is 13.9. The van der Waals surface area contributed by atoms with Gasteiger partial charge in [0.15, 0.2) is 0 Å². The van der Waals surface area contributed by atoms with Gasteiger partial charge in [0.1, 0.15) is 0 Å². The molecule has 3 nitrogen and oxygen atoms in total. The number of aromatic nitrogens is 3. The molecule has 10 aromatic carbocycles. The van der Waals surface area contributed by atoms with Crippen LogP contribution >= 0.6 is 0 Å². The lowest BCUT2D eigenvalue weighted by molar-refractivity contribution is 0.662. The maximum absolute atomic E-state index is 5.80. The molecule has 0 aliphatic heterocycles. The van der Waals surface area contributed by atoms with E-state index in [4.69, 9.17) is 9.97 Å². The Morgan fingerprint density at radius 1 is 0.359 bits per heavy atom. The van der Waals surface area contributed by atoms with Crippen LogP contribution in [0.25, 0.3) is 116 Å². The summed E-state index contributed by atoms with van der Waals surface area (Å²) in [6.07, 6.45) is 0. The van der Waals surface area contributed by atoms with Crippen LogP contribution in [0.3, 0.4) is 0 Å². The average Bonchev–Trinajstić information content (AvgIpc) is 3.79. The van der Waals surface area contributed by atoms with Crippen molar-refractivity contribution in [3.8, 4) is 61.7 Å². The Morgan fingerprint density at radius 2 is 0.938 bits per heavy atom. The highest BCUT2D eigenvalue weighted by molar-refractivity contribution is 6.15. The van der Waals surface area contributed by atoms with Crippen molar-refractivity contribution in [2.75, 3.05) is 0 Å². The van der Waals surface area contributed by atoms with Crippen LogP contribution in [0.15, 0.2) is 212 Å². The van der Waals surface area contributed by atoms with Crippen molar-refractivity contribution in [3.63, 3.8) is 0 Å². The Morgan fingerprint density at radius 3 is 1.70 bits per heavy atom. The summed E-state index contributed by atoms with van der Waals surface area (Å²) in [5.74, 6) is 0.647. The van der Waals surface area contributed by atoms with Crippen LogP contribution in [0, 0.1) is 0 Å². The number of fused-ring (bicyclic) bond motifs is 9. The smallest absolute Gasteiger partial charge is 0.235 e. The lowest BCUT2D eigenvalue weighted by atomic mass is 9.79. The Kier molecular flexibility index (Phi) is 7.95. The predicted molar refractivity (Wildman–Crippen MR) is 268 cm³/mol. The van der Waals surface area contributed by atoms with Crippen LogP contribution in [0.4, 0.5) is 0 Å². The molecule has 1 aliphatic carbocycles. The molecule has 300 valence electrons. The maximum atomic E-state index is 5.80. The zero-order chi connectivity index (χ0) is 42.5. The summed E-state index contributed by atoms with van der Waals surface area (Å²) < 4.78 is 2.31. The minimum Gasteiger partial charge on any atom is -0.278 e. The van der Waals surface area contributed by atoms with E-state index in [0.29, 0.717) is 5.95 Å². The van der Waals surface area contributed by atoms with Crippen LogP contribution in [-0.4, -0.2) is 14.5 Å². The summed E-state index contributed by atoms with van der Waals surface area (Å²) in [4.78, 5) is 11.4. The molecule has 1 aliphatic rings. The van der Waals surface area contributed by atoms with E-state index in [0.717, 1.165) is 55.4 Å². The SMILES string of the molecule is CC1(C)c2ccccc2-c2cccc(-c3nc(-n4c5ccc(-c6ccc7ccccc7c6)cc5c5cc6ccccc6cc54)nc4cc(-c5ccccc5)c(-c5ccccc5)cc34)c21. The Bertz CT molecular complexity index is 3860. The highest BCUT2D eigenvalue weighted by Crippen LogP contribution is 2.53. The fourth-order valence-corrected chi connectivity index (χ4v) is 10.7. The summed E-state index contributed by atoms with van der Waals surface area (Å²) in [6, 6.07) is 77.3. The van der Waals surface area contributed by atoms with Crippen LogP contribution in [0.2, 0.25) is 0 Å². The van der Waals surface area contributed by atoms with Gasteiger partial charge in [-0.25, -0.2) is 9.97 Å². The standard InChI is InChI=1S/C61H41N3/c1-61(2)54-27-14-13-24-46(54)47-25-15-26-48(58(47)61)59-53-36-49(39-17-5-3-6-18-39)50(40-19-7-4-8-20-40)37-55(53)62-60(63-59)64-56-31-30-45(44-29-28-38-16-9-10-21-41(38)32-44)34-51(56)52-33-42-22-11-12-23-43(42)35-57(52)64/h3-37H,1-2H3. The first-order valence-electron chi connectivity index (χ1n) is 22.1. The minimum atomic E-state index is -0.253. The predicted octanol–water partition coefficient (Wildman–Crippen LogP) is 16.0. The van der Waals surface area contributed by atoms with E-state index in [1.165, 1.54) is 65.7 Å². The molecule has 2 heterocycles. The normalized spacial score (nSPS) is 13.0. The molecule has 13 rings (SSSR count). The molecular formula is C61H41N3. The van der Waals surface area contributed by atoms with E-state index >= 15 is 0 Å². The third kappa shape index (κ3) is 5.54. The molecule has 64 heavy (non-hydrogen) atoms. The van der Waals surface area contributed by atoms with Crippen molar-refractivity contribution in [1.29, 1.82) is 0 Å². The highest BCUT2D eigenvalue weighted by Gasteiger charge is 2.38. The monoisotopic (exact) mass is 815 g/mol. The molecule has 0 bridgehead atoms. The van der Waals surface area contributed by atoms with Crippen molar-refractivity contribution in [1.82, 2.24) is 14.5 Å². The first-order chi connectivity index (χ1) is 31.5. The van der Waals surface area contributed by atoms with Crippen LogP contribution < -0.4 is 0 Å². The molecule has 12 aromatic rings. The second-order valence-electron chi connectivity index (χ2n) is 17.8. The minimum absolute atomic E-state index is 0.253. The fourth-order valence-electron chi connectivity index (χ4n) is 10.7. The lowest BCUT2D eigenvalue weighted by Crippen LogP contribution is -2.16. The van der Waals surface area contributed by atoms with Crippen molar-refractivity contribution >= 4 is 54.3 Å². The average molecular weight is 816 g/mol. The van der Waals surface area contributed by atoms with E-state index in [9.17, 15) is 0 Å². The molecule has 0 amide bonds. The van der Waals surface area contributed by atoms with Crippen LogP contribution in [-0.2, 0) is 5.41 Å². The molecule has 0 saturated heterocycles. The molecular weight excluding hydrogens is 775 g/mol. The third-order valence-electron chi connectivity index (χ3n) is 13.7. The fraction of sp³-hybridized carbons (Fsp3) is 0.0492. The zero-order valence-corrected chi connectivity index (χ0v) is 35.5. The number of rotatable bonds is 5. The Balaban J connectivity index is 1.14. The summed E-state index contributed by atoms with van der Waals surface area (Å²) in [5, 5.41) is 8.20. The number of benzene rings is 10. The third-order valence-corrected chi connectivity index (χ3v) is 13.7. The topological polar surface area (TPSA) is 30.7 Å². The second-order valence-corrected chi connectivity index (χ2v) is 17.8. The van der Waals surface area contributed by atoms with Gasteiger partial charge in [-0.15, -0.1) is 0 Å². The summed E-state index contributed by atoms with van der Waals surface area (Å²) >= 11 is 0. The van der Waals surface area contributed by atoms with E-state index in [2.05, 4.69) is 231 Å². The van der Waals surface area contributed by atoms with E-state index in [-0.39, 0.29) is 5.41 Å². The number of hydrogen-bond donors (Lipinski definition) is 0. The summed E-state index contributed by atoms with van der Waals surface area (Å²) in [7, 11) is 0. The molecule has 0 fully saturated rings. The van der Waals surface area contributed by atoms with Crippen molar-refractivity contribution in [2.45, 2.75) is 19.3 Å². The highest BCUT2D eigenvalue weighted by atomic mass is 15.2. The van der Waals surface area contributed by atoms with Crippen molar-refractivity contribution < 1.29 is 0 Å².